The molecule has 1 N–H and O–H groups in total. The van der Waals surface area contributed by atoms with Gasteiger partial charge in [-0.1, -0.05) is 0 Å². The predicted octanol–water partition coefficient (Wildman–Crippen LogP) is 0.471. The summed E-state index contributed by atoms with van der Waals surface area (Å²) < 4.78 is 24.3. The molecule has 6 nitrogen and oxygen atoms in total. The summed E-state index contributed by atoms with van der Waals surface area (Å²) >= 11 is 0. The van der Waals surface area contributed by atoms with Gasteiger partial charge in [-0.05, 0) is 12.1 Å². The van der Waals surface area contributed by atoms with Crippen LogP contribution in [0.2, 0.25) is 0 Å². The third-order valence-electron chi connectivity index (χ3n) is 4.29. The Morgan fingerprint density at radius 3 is 2.74 bits per heavy atom. The van der Waals surface area contributed by atoms with Crippen molar-refractivity contribution in [1.82, 2.24) is 10.2 Å². The summed E-state index contributed by atoms with van der Waals surface area (Å²) in [4.78, 5) is 16.3. The van der Waals surface area contributed by atoms with Gasteiger partial charge in [0.2, 0.25) is 0 Å². The lowest BCUT2D eigenvalue weighted by molar-refractivity contribution is -0.145. The summed E-state index contributed by atoms with van der Waals surface area (Å²) in [5.41, 5.74) is 0.811. The standard InChI is InChI=1S/C16H22FN3O3/c1-22-14-3-2-12(10-13(14)17)19-5-7-20(8-6-19)16(21)15-11-18-4-9-23-15/h2-3,10,15,18H,4-9,11H2,1H3/t15-/m0/s1. The zero-order valence-electron chi connectivity index (χ0n) is 13.3. The van der Waals surface area contributed by atoms with Gasteiger partial charge in [0.05, 0.1) is 13.7 Å². The number of amides is 1. The molecule has 7 heteroatoms. The monoisotopic (exact) mass is 323 g/mol. The molecule has 2 saturated heterocycles. The second kappa shape index (κ2) is 7.14. The first-order valence-corrected chi connectivity index (χ1v) is 7.88. The summed E-state index contributed by atoms with van der Waals surface area (Å²) in [7, 11) is 1.45. The zero-order valence-corrected chi connectivity index (χ0v) is 13.3. The lowest BCUT2D eigenvalue weighted by atomic mass is 10.2. The molecule has 0 aromatic heterocycles. The zero-order chi connectivity index (χ0) is 16.2. The van der Waals surface area contributed by atoms with Crippen LogP contribution in [0.5, 0.6) is 5.75 Å². The van der Waals surface area contributed by atoms with E-state index in [-0.39, 0.29) is 23.6 Å². The summed E-state index contributed by atoms with van der Waals surface area (Å²) in [6, 6.07) is 4.95. The van der Waals surface area contributed by atoms with Gasteiger partial charge in [0, 0.05) is 51.0 Å². The number of nitrogens with one attached hydrogen (secondary N) is 1. The molecular formula is C16H22FN3O3. The van der Waals surface area contributed by atoms with Gasteiger partial charge in [-0.25, -0.2) is 4.39 Å². The molecule has 2 aliphatic heterocycles. The molecule has 1 atom stereocenters. The Morgan fingerprint density at radius 1 is 1.35 bits per heavy atom. The van der Waals surface area contributed by atoms with E-state index in [2.05, 4.69) is 10.2 Å². The molecule has 0 aliphatic carbocycles. The fourth-order valence-corrected chi connectivity index (χ4v) is 2.96. The highest BCUT2D eigenvalue weighted by atomic mass is 19.1. The Kier molecular flexibility index (Phi) is 4.97. The normalized spacial score (nSPS) is 22.1. The summed E-state index contributed by atoms with van der Waals surface area (Å²) in [6.45, 7) is 4.53. The quantitative estimate of drug-likeness (QED) is 0.876. The van der Waals surface area contributed by atoms with Gasteiger partial charge < -0.3 is 24.6 Å². The maximum Gasteiger partial charge on any atom is 0.253 e. The molecule has 3 rings (SSSR count). The molecule has 0 unspecified atom stereocenters. The lowest BCUT2D eigenvalue weighted by Crippen LogP contribution is -2.55. The van der Waals surface area contributed by atoms with Crippen LogP contribution < -0.4 is 15.0 Å². The van der Waals surface area contributed by atoms with Crippen molar-refractivity contribution >= 4 is 11.6 Å². The van der Waals surface area contributed by atoms with E-state index in [4.69, 9.17) is 9.47 Å². The van der Waals surface area contributed by atoms with Crippen LogP contribution in [0.3, 0.4) is 0 Å². The molecule has 2 heterocycles. The van der Waals surface area contributed by atoms with Crippen molar-refractivity contribution in [2.75, 3.05) is 57.9 Å². The molecule has 23 heavy (non-hydrogen) atoms. The fourth-order valence-electron chi connectivity index (χ4n) is 2.96. The predicted molar refractivity (Wildman–Crippen MR) is 84.4 cm³/mol. The van der Waals surface area contributed by atoms with Crippen LogP contribution in [0.1, 0.15) is 0 Å². The van der Waals surface area contributed by atoms with E-state index in [0.29, 0.717) is 39.3 Å². The van der Waals surface area contributed by atoms with Crippen molar-refractivity contribution in [2.24, 2.45) is 0 Å². The highest BCUT2D eigenvalue weighted by Crippen LogP contribution is 2.24. The molecule has 0 radical (unpaired) electrons. The van der Waals surface area contributed by atoms with E-state index >= 15 is 0 Å². The molecule has 0 bridgehead atoms. The molecule has 1 aromatic rings. The third-order valence-corrected chi connectivity index (χ3v) is 4.29. The number of rotatable bonds is 3. The topological polar surface area (TPSA) is 54.0 Å². The van der Waals surface area contributed by atoms with Gasteiger partial charge >= 0.3 is 0 Å². The molecule has 0 saturated carbocycles. The number of nitrogens with zero attached hydrogens (tertiary/aromatic N) is 2. The molecule has 1 amide bonds. The molecule has 1 aromatic carbocycles. The minimum absolute atomic E-state index is 0.0396. The largest absolute Gasteiger partial charge is 0.494 e. The number of carbonyl (C=O) groups is 1. The van der Waals surface area contributed by atoms with Crippen LogP contribution in [0.25, 0.3) is 0 Å². The number of methoxy groups -OCH3 is 1. The summed E-state index contributed by atoms with van der Waals surface area (Å²) in [6.07, 6.45) is -0.381. The van der Waals surface area contributed by atoms with Crippen molar-refractivity contribution in [3.63, 3.8) is 0 Å². The first-order chi connectivity index (χ1) is 11.2. The van der Waals surface area contributed by atoms with E-state index in [9.17, 15) is 9.18 Å². The number of halogens is 1. The van der Waals surface area contributed by atoms with Crippen LogP contribution in [0, 0.1) is 5.82 Å². The van der Waals surface area contributed by atoms with Crippen molar-refractivity contribution in [3.8, 4) is 5.75 Å². The van der Waals surface area contributed by atoms with Gasteiger partial charge in [-0.2, -0.15) is 0 Å². The number of morpholine rings is 1. The van der Waals surface area contributed by atoms with E-state index in [0.717, 1.165) is 12.2 Å². The Bertz CT molecular complexity index is 556. The Morgan fingerprint density at radius 2 is 2.13 bits per heavy atom. The second-order valence-electron chi connectivity index (χ2n) is 5.69. The number of anilines is 1. The average Bonchev–Trinajstić information content (AvgIpc) is 2.62. The van der Waals surface area contributed by atoms with Crippen molar-refractivity contribution < 1.29 is 18.7 Å². The second-order valence-corrected chi connectivity index (χ2v) is 5.69. The Balaban J connectivity index is 1.57. The molecule has 2 fully saturated rings. The van der Waals surface area contributed by atoms with Gasteiger partial charge in [-0.15, -0.1) is 0 Å². The van der Waals surface area contributed by atoms with Crippen LogP contribution >= 0.6 is 0 Å². The number of ether oxygens (including phenoxy) is 2. The van der Waals surface area contributed by atoms with Crippen LogP contribution in [0.4, 0.5) is 10.1 Å². The van der Waals surface area contributed by atoms with Gasteiger partial charge in [0.25, 0.3) is 5.91 Å². The number of carbonyl (C=O) groups excluding carboxylic acids is 1. The maximum atomic E-state index is 13.8. The van der Waals surface area contributed by atoms with E-state index in [1.807, 2.05) is 11.0 Å². The van der Waals surface area contributed by atoms with E-state index < -0.39 is 0 Å². The third kappa shape index (κ3) is 3.56. The Hall–Kier alpha value is -1.86. The molecular weight excluding hydrogens is 301 g/mol. The maximum absolute atomic E-state index is 13.8. The van der Waals surface area contributed by atoms with E-state index in [1.165, 1.54) is 13.2 Å². The Labute approximate surface area is 135 Å². The summed E-state index contributed by atoms with van der Waals surface area (Å²) in [5.74, 6) is -0.0903. The highest BCUT2D eigenvalue weighted by Gasteiger charge is 2.29. The highest BCUT2D eigenvalue weighted by molar-refractivity contribution is 5.81. The number of benzene rings is 1. The number of piperazine rings is 1. The van der Waals surface area contributed by atoms with Gasteiger partial charge in [0.1, 0.15) is 6.10 Å². The smallest absolute Gasteiger partial charge is 0.253 e. The first kappa shape index (κ1) is 16.0. The lowest BCUT2D eigenvalue weighted by Gasteiger charge is -2.38. The average molecular weight is 323 g/mol. The number of hydrogen-bond acceptors (Lipinski definition) is 5. The van der Waals surface area contributed by atoms with Crippen molar-refractivity contribution in [3.05, 3.63) is 24.0 Å². The minimum Gasteiger partial charge on any atom is -0.494 e. The van der Waals surface area contributed by atoms with Crippen LogP contribution in [0.15, 0.2) is 18.2 Å². The van der Waals surface area contributed by atoms with Gasteiger partial charge in [-0.3, -0.25) is 4.79 Å². The van der Waals surface area contributed by atoms with Crippen LogP contribution in [-0.2, 0) is 9.53 Å². The van der Waals surface area contributed by atoms with E-state index in [1.54, 1.807) is 6.07 Å². The molecule has 0 spiro atoms. The van der Waals surface area contributed by atoms with Gasteiger partial charge in [0.15, 0.2) is 11.6 Å². The number of hydrogen-bond donors (Lipinski definition) is 1. The molecule has 126 valence electrons. The SMILES string of the molecule is COc1ccc(N2CCN(C(=O)[C@@H]3CNCCO3)CC2)cc1F. The van der Waals surface area contributed by atoms with Crippen molar-refractivity contribution in [1.29, 1.82) is 0 Å². The molecule has 2 aliphatic rings. The van der Waals surface area contributed by atoms with Crippen LogP contribution in [-0.4, -0.2) is 69.9 Å². The fraction of sp³-hybridized carbons (Fsp3) is 0.562. The first-order valence-electron chi connectivity index (χ1n) is 7.88. The summed E-state index contributed by atoms with van der Waals surface area (Å²) in [5, 5.41) is 3.17. The minimum atomic E-state index is -0.381. The van der Waals surface area contributed by atoms with Crippen molar-refractivity contribution in [2.45, 2.75) is 6.10 Å².